The molecule has 0 aliphatic carbocycles. The van der Waals surface area contributed by atoms with E-state index in [4.69, 9.17) is 14.2 Å². The van der Waals surface area contributed by atoms with E-state index in [1.165, 1.54) is 24.3 Å². The Bertz CT molecular complexity index is 547. The number of amides is 1. The van der Waals surface area contributed by atoms with Crippen LogP contribution in [-0.2, 0) is 13.6 Å². The van der Waals surface area contributed by atoms with Gasteiger partial charge in [0.1, 0.15) is 0 Å². The van der Waals surface area contributed by atoms with E-state index in [2.05, 4.69) is 5.32 Å². The van der Waals surface area contributed by atoms with Crippen molar-refractivity contribution in [2.24, 2.45) is 0 Å². The lowest BCUT2D eigenvalue weighted by molar-refractivity contribution is 0.0696. The van der Waals surface area contributed by atoms with Gasteiger partial charge in [-0.2, -0.15) is 0 Å². The van der Waals surface area contributed by atoms with E-state index in [1.807, 2.05) is 0 Å². The van der Waals surface area contributed by atoms with E-state index >= 15 is 0 Å². The maximum atomic E-state index is 12.2. The molecule has 0 heterocycles. The van der Waals surface area contributed by atoms with Crippen molar-refractivity contribution in [2.75, 3.05) is 25.9 Å². The highest BCUT2D eigenvalue weighted by molar-refractivity contribution is 7.53. The molecule has 0 aromatic heterocycles. The molecule has 8 heteroatoms. The van der Waals surface area contributed by atoms with Gasteiger partial charge in [0, 0.05) is 12.1 Å². The number of hydrogen-bond acceptors (Lipinski definition) is 5. The highest BCUT2D eigenvalue weighted by Crippen LogP contribution is 2.47. The fourth-order valence-electron chi connectivity index (χ4n) is 1.73. The highest BCUT2D eigenvalue weighted by Gasteiger charge is 2.23. The number of carboxylic acid groups (broad SMARTS) is 1. The molecule has 0 aliphatic heterocycles. The molecule has 1 rings (SSSR count). The van der Waals surface area contributed by atoms with Gasteiger partial charge < -0.3 is 19.5 Å². The smallest absolute Gasteiger partial charge is 0.335 e. The zero-order valence-corrected chi connectivity index (χ0v) is 13.5. The maximum Gasteiger partial charge on any atom is 0.335 e. The predicted octanol–water partition coefficient (Wildman–Crippen LogP) is 2.38. The van der Waals surface area contributed by atoms with Gasteiger partial charge in [-0.1, -0.05) is 0 Å². The second kappa shape index (κ2) is 8.68. The average Bonchev–Trinajstić information content (AvgIpc) is 2.47. The Morgan fingerprint density at radius 3 is 2.05 bits per heavy atom. The van der Waals surface area contributed by atoms with Crippen molar-refractivity contribution in [3.8, 4) is 0 Å². The summed E-state index contributed by atoms with van der Waals surface area (Å²) in [5.41, 5.74) is 0.432. The topological polar surface area (TPSA) is 102 Å². The minimum absolute atomic E-state index is 0.0770. The van der Waals surface area contributed by atoms with Gasteiger partial charge in [0.2, 0.25) is 0 Å². The van der Waals surface area contributed by atoms with Gasteiger partial charge in [0.15, 0.2) is 0 Å². The first-order valence-electron chi connectivity index (χ1n) is 6.91. The zero-order valence-electron chi connectivity index (χ0n) is 12.6. The molecule has 7 nitrogen and oxygen atoms in total. The number of aromatic carboxylic acids is 1. The lowest BCUT2D eigenvalue weighted by Crippen LogP contribution is -2.27. The normalized spacial score (nSPS) is 11.2. The number of hydrogen-bond donors (Lipinski definition) is 2. The van der Waals surface area contributed by atoms with Crippen molar-refractivity contribution in [1.29, 1.82) is 0 Å². The van der Waals surface area contributed by atoms with Gasteiger partial charge in [-0.15, -0.1) is 0 Å². The van der Waals surface area contributed by atoms with Gasteiger partial charge in [0.25, 0.3) is 5.91 Å². The Labute approximate surface area is 129 Å². The zero-order chi connectivity index (χ0) is 16.6. The third kappa shape index (κ3) is 5.60. The molecule has 0 aliphatic rings. The van der Waals surface area contributed by atoms with Crippen molar-refractivity contribution in [3.63, 3.8) is 0 Å². The number of carbonyl (C=O) groups excluding carboxylic acids is 1. The number of carbonyl (C=O) groups is 2. The van der Waals surface area contributed by atoms with E-state index in [9.17, 15) is 14.2 Å². The molecule has 1 amide bonds. The number of rotatable bonds is 9. The van der Waals surface area contributed by atoms with Crippen molar-refractivity contribution in [2.45, 2.75) is 13.8 Å². The third-order valence-electron chi connectivity index (χ3n) is 2.72. The van der Waals surface area contributed by atoms with Crippen LogP contribution < -0.4 is 5.32 Å². The summed E-state index contributed by atoms with van der Waals surface area (Å²) in [5.74, 6) is -1.43. The van der Waals surface area contributed by atoms with Crippen LogP contribution >= 0.6 is 7.60 Å². The van der Waals surface area contributed by atoms with E-state index in [1.54, 1.807) is 13.8 Å². The lowest BCUT2D eigenvalue weighted by Gasteiger charge is -2.17. The number of nitrogens with one attached hydrogen (secondary N) is 1. The summed E-state index contributed by atoms with van der Waals surface area (Å²) in [6.45, 7) is 4.10. The summed E-state index contributed by atoms with van der Waals surface area (Å²) in [6, 6.07) is 5.54. The van der Waals surface area contributed by atoms with Crippen molar-refractivity contribution < 1.29 is 28.3 Å². The molecular weight excluding hydrogens is 309 g/mol. The summed E-state index contributed by atoms with van der Waals surface area (Å²) in [4.78, 5) is 22.6. The van der Waals surface area contributed by atoms with Crippen LogP contribution in [0.15, 0.2) is 24.3 Å². The van der Waals surface area contributed by atoms with Gasteiger partial charge in [-0.25, -0.2) is 4.79 Å². The molecule has 0 saturated heterocycles. The molecule has 0 atom stereocenters. The summed E-state index contributed by atoms with van der Waals surface area (Å²) >= 11 is 0. The van der Waals surface area contributed by atoms with Gasteiger partial charge in [-0.3, -0.25) is 9.36 Å². The highest BCUT2D eigenvalue weighted by atomic mass is 31.2. The summed E-state index contributed by atoms with van der Waals surface area (Å²) < 4.78 is 22.4. The Morgan fingerprint density at radius 1 is 1.09 bits per heavy atom. The molecule has 0 fully saturated rings. The van der Waals surface area contributed by atoms with Crippen molar-refractivity contribution in [1.82, 2.24) is 5.32 Å². The van der Waals surface area contributed by atoms with Gasteiger partial charge in [0.05, 0.1) is 24.9 Å². The Balaban J connectivity index is 2.55. The quantitative estimate of drug-likeness (QED) is 0.674. The van der Waals surface area contributed by atoms with Gasteiger partial charge >= 0.3 is 13.6 Å². The largest absolute Gasteiger partial charge is 0.478 e. The molecule has 122 valence electrons. The van der Waals surface area contributed by atoms with Crippen LogP contribution in [0.1, 0.15) is 34.6 Å². The van der Waals surface area contributed by atoms with Gasteiger partial charge in [-0.05, 0) is 38.1 Å². The van der Waals surface area contributed by atoms with E-state index in [0.717, 1.165) is 0 Å². The van der Waals surface area contributed by atoms with Crippen LogP contribution in [0.2, 0.25) is 0 Å². The monoisotopic (exact) mass is 329 g/mol. The predicted molar refractivity (Wildman–Crippen MR) is 81.5 cm³/mol. The first kappa shape index (κ1) is 18.4. The second-order valence-corrected chi connectivity index (χ2v) is 6.49. The second-order valence-electron chi connectivity index (χ2n) is 4.31. The molecule has 2 N–H and O–H groups in total. The first-order chi connectivity index (χ1) is 10.4. The molecule has 1 aromatic rings. The standard InChI is InChI=1S/C14H20NO6P/c1-3-20-22(19,21-4-2)10-9-15-13(16)11-5-7-12(8-6-11)14(17)18/h5-8H,3-4,9-10H2,1-2H3,(H,15,16)(H,17,18). The Kier molecular flexibility index (Phi) is 7.24. The molecule has 22 heavy (non-hydrogen) atoms. The van der Waals surface area contributed by atoms with Crippen LogP contribution in [-0.4, -0.2) is 42.9 Å². The fourth-order valence-corrected chi connectivity index (χ4v) is 3.24. The van der Waals surface area contributed by atoms with E-state index in [0.29, 0.717) is 5.56 Å². The summed E-state index contributed by atoms with van der Waals surface area (Å²) in [5, 5.41) is 11.4. The Hall–Kier alpha value is -1.69. The summed E-state index contributed by atoms with van der Waals surface area (Å²) in [6.07, 6.45) is 0.0770. The molecule has 1 aromatic carbocycles. The Morgan fingerprint density at radius 2 is 1.59 bits per heavy atom. The molecule has 0 bridgehead atoms. The van der Waals surface area contributed by atoms with Crippen LogP contribution in [0, 0.1) is 0 Å². The summed E-state index contributed by atoms with van der Waals surface area (Å²) in [7, 11) is -3.18. The molecular formula is C14H20NO6P. The van der Waals surface area contributed by atoms with E-state index in [-0.39, 0.29) is 37.4 Å². The SMILES string of the molecule is CCOP(=O)(CCNC(=O)c1ccc(C(=O)O)cc1)OCC. The molecule has 0 radical (unpaired) electrons. The van der Waals surface area contributed by atoms with Crippen molar-refractivity contribution >= 4 is 19.5 Å². The van der Waals surface area contributed by atoms with E-state index < -0.39 is 13.6 Å². The number of benzene rings is 1. The first-order valence-corrected chi connectivity index (χ1v) is 8.64. The maximum absolute atomic E-state index is 12.2. The van der Waals surface area contributed by atoms with Crippen LogP contribution in [0.4, 0.5) is 0 Å². The minimum atomic E-state index is -3.18. The minimum Gasteiger partial charge on any atom is -0.478 e. The molecule has 0 saturated carbocycles. The van der Waals surface area contributed by atoms with Crippen LogP contribution in [0.3, 0.4) is 0 Å². The fraction of sp³-hybridized carbons (Fsp3) is 0.429. The van der Waals surface area contributed by atoms with Crippen LogP contribution in [0.5, 0.6) is 0 Å². The molecule has 0 spiro atoms. The van der Waals surface area contributed by atoms with Crippen LogP contribution in [0.25, 0.3) is 0 Å². The number of carboxylic acids is 1. The molecule has 0 unspecified atom stereocenters. The van der Waals surface area contributed by atoms with Crippen molar-refractivity contribution in [3.05, 3.63) is 35.4 Å². The lowest BCUT2D eigenvalue weighted by atomic mass is 10.1. The average molecular weight is 329 g/mol. The third-order valence-corrected chi connectivity index (χ3v) is 4.79.